The Hall–Kier alpha value is -2.97. The van der Waals surface area contributed by atoms with E-state index >= 15 is 0 Å². The number of benzene rings is 1. The molecule has 0 radical (unpaired) electrons. The van der Waals surface area contributed by atoms with Crippen LogP contribution in [0.5, 0.6) is 5.75 Å². The third-order valence-corrected chi connectivity index (χ3v) is 5.54. The Morgan fingerprint density at radius 2 is 1.97 bits per heavy atom. The van der Waals surface area contributed by atoms with Gasteiger partial charge in [-0.2, -0.15) is 0 Å². The summed E-state index contributed by atoms with van der Waals surface area (Å²) in [5, 5.41) is 27.6. The molecule has 8 nitrogen and oxygen atoms in total. The van der Waals surface area contributed by atoms with E-state index in [4.69, 9.17) is 0 Å². The molecule has 3 aromatic rings. The molecule has 9 heteroatoms. The molecule has 5 N–H and O–H groups in total. The van der Waals surface area contributed by atoms with Crippen molar-refractivity contribution >= 4 is 35.0 Å². The highest BCUT2D eigenvalue weighted by molar-refractivity contribution is 5.96. The molecule has 0 spiro atoms. The molecule has 0 bridgehead atoms. The fraction of sp³-hybridized carbons (Fsp3) is 0.364. The van der Waals surface area contributed by atoms with Crippen molar-refractivity contribution in [1.82, 2.24) is 14.9 Å². The van der Waals surface area contributed by atoms with Crippen molar-refractivity contribution in [3.63, 3.8) is 0 Å². The fourth-order valence-electron chi connectivity index (χ4n) is 3.94. The second-order valence-corrected chi connectivity index (χ2v) is 8.77. The number of rotatable bonds is 3. The summed E-state index contributed by atoms with van der Waals surface area (Å²) in [6.07, 6.45) is 0.393. The minimum Gasteiger partial charge on any atom is -0.506 e. The highest BCUT2D eigenvalue weighted by Crippen LogP contribution is 2.39. The van der Waals surface area contributed by atoms with Crippen LogP contribution in [0.15, 0.2) is 23.0 Å². The van der Waals surface area contributed by atoms with Gasteiger partial charge < -0.3 is 30.4 Å². The van der Waals surface area contributed by atoms with Gasteiger partial charge in [-0.05, 0) is 45.4 Å². The van der Waals surface area contributed by atoms with E-state index in [0.29, 0.717) is 30.8 Å². The lowest BCUT2D eigenvalue weighted by Crippen LogP contribution is -2.35. The van der Waals surface area contributed by atoms with E-state index in [2.05, 4.69) is 47.0 Å². The Morgan fingerprint density at radius 3 is 2.61 bits per heavy atom. The number of aryl methyl sites for hydroxylation is 1. The zero-order valence-electron chi connectivity index (χ0n) is 17.9. The predicted octanol–water partition coefficient (Wildman–Crippen LogP) is 3.22. The number of nitrogens with zero attached hydrogens (tertiary/aromatic N) is 1. The van der Waals surface area contributed by atoms with Crippen LogP contribution in [0.1, 0.15) is 42.4 Å². The number of nitrogens with one attached hydrogen (secondary N) is 3. The number of H-pyrrole nitrogens is 1. The van der Waals surface area contributed by atoms with Crippen molar-refractivity contribution < 1.29 is 15.0 Å². The van der Waals surface area contributed by atoms with Gasteiger partial charge in [0, 0.05) is 53.6 Å². The minimum absolute atomic E-state index is 0. The summed E-state index contributed by atoms with van der Waals surface area (Å²) >= 11 is 0. The monoisotopic (exact) mass is 446 g/mol. The van der Waals surface area contributed by atoms with Gasteiger partial charge in [0.25, 0.3) is 5.56 Å². The fourth-order valence-corrected chi connectivity index (χ4v) is 3.94. The van der Waals surface area contributed by atoms with Crippen LogP contribution in [-0.4, -0.2) is 37.8 Å². The number of carboxylic acids is 1. The number of halogens is 1. The highest BCUT2D eigenvalue weighted by atomic mass is 35.5. The lowest BCUT2D eigenvalue weighted by Gasteiger charge is -2.20. The summed E-state index contributed by atoms with van der Waals surface area (Å²) in [5.41, 5.74) is 3.19. The Kier molecular flexibility index (Phi) is 5.82. The number of hydrogen-bond donors (Lipinski definition) is 5. The van der Waals surface area contributed by atoms with Gasteiger partial charge in [-0.3, -0.25) is 4.79 Å². The van der Waals surface area contributed by atoms with Crippen LogP contribution in [0.3, 0.4) is 0 Å². The number of pyridine rings is 1. The first-order chi connectivity index (χ1) is 14.1. The van der Waals surface area contributed by atoms with E-state index in [1.54, 1.807) is 0 Å². The van der Waals surface area contributed by atoms with Crippen molar-refractivity contribution in [3.8, 4) is 17.0 Å². The van der Waals surface area contributed by atoms with Crippen LogP contribution >= 0.6 is 12.4 Å². The van der Waals surface area contributed by atoms with Gasteiger partial charge in [-0.25, -0.2) is 4.79 Å². The molecule has 166 valence electrons. The standard InChI is InChI=1S/C22H26N4O4.ClH/c1-22(2,3)24-10-12-7-11-8-14-15(9-16(11)26(12)4)23-6-5-13-18(14)25-20(28)17(19(13)27)21(29)30;/h7-9,23-24H,5-6,10H2,1-4H3,(H,29,30)(H2,25,27,28);1H. The first-order valence-electron chi connectivity index (χ1n) is 9.90. The second-order valence-electron chi connectivity index (χ2n) is 8.77. The summed E-state index contributed by atoms with van der Waals surface area (Å²) in [6, 6.07) is 6.10. The van der Waals surface area contributed by atoms with E-state index in [0.717, 1.165) is 27.8 Å². The number of carboxylic acid groups (broad SMARTS) is 1. The molecule has 1 aliphatic rings. The zero-order valence-corrected chi connectivity index (χ0v) is 18.7. The van der Waals surface area contributed by atoms with Gasteiger partial charge in [0.2, 0.25) is 0 Å². The molecule has 0 fully saturated rings. The molecule has 0 aliphatic carbocycles. The maximum Gasteiger partial charge on any atom is 0.345 e. The Bertz CT molecular complexity index is 1240. The molecule has 4 rings (SSSR count). The topological polar surface area (TPSA) is 119 Å². The van der Waals surface area contributed by atoms with Gasteiger partial charge in [0.15, 0.2) is 5.56 Å². The van der Waals surface area contributed by atoms with Crippen LogP contribution in [0.2, 0.25) is 0 Å². The number of fused-ring (bicyclic) bond motifs is 4. The second kappa shape index (κ2) is 7.94. The summed E-state index contributed by atoms with van der Waals surface area (Å²) in [5.74, 6) is -1.90. The molecular formula is C22H27ClN4O4. The summed E-state index contributed by atoms with van der Waals surface area (Å²) < 4.78 is 2.13. The number of anilines is 1. The molecule has 31 heavy (non-hydrogen) atoms. The maximum absolute atomic E-state index is 12.3. The van der Waals surface area contributed by atoms with Crippen molar-refractivity contribution in [2.75, 3.05) is 11.9 Å². The Balaban J connectivity index is 0.00000272. The number of aromatic carboxylic acids is 1. The number of hydrogen-bond acceptors (Lipinski definition) is 5. The van der Waals surface area contributed by atoms with Crippen LogP contribution in [-0.2, 0) is 20.0 Å². The van der Waals surface area contributed by atoms with Crippen molar-refractivity contribution in [3.05, 3.63) is 45.4 Å². The molecule has 1 aliphatic heterocycles. The summed E-state index contributed by atoms with van der Waals surface area (Å²) in [6.45, 7) is 7.57. The lowest BCUT2D eigenvalue weighted by atomic mass is 9.99. The van der Waals surface area contributed by atoms with Gasteiger partial charge in [0.05, 0.1) is 11.2 Å². The minimum atomic E-state index is -1.44. The van der Waals surface area contributed by atoms with Gasteiger partial charge in [-0.15, -0.1) is 12.4 Å². The average molecular weight is 447 g/mol. The molecule has 0 atom stereocenters. The maximum atomic E-state index is 12.3. The van der Waals surface area contributed by atoms with Crippen LogP contribution in [0.4, 0.5) is 5.69 Å². The SMILES string of the molecule is Cl.Cn1c(CNC(C)(C)C)cc2cc3c(cc21)NCCc1c-3[nH]c(=O)c(C(=O)O)c1O. The number of aromatic hydroxyl groups is 1. The molecule has 1 aromatic carbocycles. The number of aromatic nitrogens is 2. The van der Waals surface area contributed by atoms with E-state index in [1.807, 2.05) is 19.2 Å². The largest absolute Gasteiger partial charge is 0.506 e. The van der Waals surface area contributed by atoms with E-state index in [9.17, 15) is 19.8 Å². The summed E-state index contributed by atoms with van der Waals surface area (Å²) in [7, 11) is 2.02. The van der Waals surface area contributed by atoms with E-state index < -0.39 is 22.8 Å². The molecule has 0 unspecified atom stereocenters. The lowest BCUT2D eigenvalue weighted by molar-refractivity contribution is 0.0691. The first kappa shape index (κ1) is 22.7. The third kappa shape index (κ3) is 4.00. The zero-order chi connectivity index (χ0) is 21.8. The number of carbonyl (C=O) groups is 1. The predicted molar refractivity (Wildman–Crippen MR) is 124 cm³/mol. The van der Waals surface area contributed by atoms with Gasteiger partial charge in [0.1, 0.15) is 5.75 Å². The van der Waals surface area contributed by atoms with E-state index in [1.165, 1.54) is 0 Å². The Labute approximate surface area is 185 Å². The molecule has 2 aromatic heterocycles. The van der Waals surface area contributed by atoms with Crippen molar-refractivity contribution in [1.29, 1.82) is 0 Å². The highest BCUT2D eigenvalue weighted by Gasteiger charge is 2.26. The Morgan fingerprint density at radius 1 is 1.26 bits per heavy atom. The van der Waals surface area contributed by atoms with Gasteiger partial charge in [-0.1, -0.05) is 0 Å². The van der Waals surface area contributed by atoms with Crippen molar-refractivity contribution in [2.45, 2.75) is 39.3 Å². The normalized spacial score (nSPS) is 13.0. The quantitative estimate of drug-likeness (QED) is 0.421. The van der Waals surface area contributed by atoms with Crippen LogP contribution in [0, 0.1) is 0 Å². The third-order valence-electron chi connectivity index (χ3n) is 5.54. The average Bonchev–Trinajstić information content (AvgIpc) is 2.83. The van der Waals surface area contributed by atoms with Crippen molar-refractivity contribution in [2.24, 2.45) is 7.05 Å². The molecule has 3 heterocycles. The number of aromatic amines is 1. The van der Waals surface area contributed by atoms with Crippen LogP contribution < -0.4 is 16.2 Å². The molecule has 0 saturated heterocycles. The molecule has 0 amide bonds. The molecular weight excluding hydrogens is 420 g/mol. The van der Waals surface area contributed by atoms with Crippen LogP contribution in [0.25, 0.3) is 22.2 Å². The summed E-state index contributed by atoms with van der Waals surface area (Å²) in [4.78, 5) is 26.4. The molecule has 0 saturated carbocycles. The van der Waals surface area contributed by atoms with E-state index in [-0.39, 0.29) is 17.9 Å². The first-order valence-corrected chi connectivity index (χ1v) is 9.90. The smallest absolute Gasteiger partial charge is 0.345 e. The van der Waals surface area contributed by atoms with Gasteiger partial charge >= 0.3 is 5.97 Å².